The Hall–Kier alpha value is -7.04. The van der Waals surface area contributed by atoms with Gasteiger partial charge in [-0.1, -0.05) is 152 Å². The van der Waals surface area contributed by atoms with Crippen molar-refractivity contribution in [3.63, 3.8) is 0 Å². The molecular weight excluding hydrogens is 633 g/mol. The van der Waals surface area contributed by atoms with Crippen LogP contribution >= 0.6 is 0 Å². The molecule has 7 aromatic carbocycles. The van der Waals surface area contributed by atoms with Crippen LogP contribution in [-0.2, 0) is 0 Å². The Morgan fingerprint density at radius 2 is 0.885 bits per heavy atom. The number of hydrogen-bond donors (Lipinski definition) is 0. The summed E-state index contributed by atoms with van der Waals surface area (Å²) in [6.07, 6.45) is 0. The second-order valence-corrected chi connectivity index (χ2v) is 13.4. The second kappa shape index (κ2) is 11.2. The third kappa shape index (κ3) is 4.21. The number of pyridine rings is 1. The van der Waals surface area contributed by atoms with E-state index >= 15 is 0 Å². The summed E-state index contributed by atoms with van der Waals surface area (Å²) in [7, 11) is 0. The van der Waals surface area contributed by atoms with Crippen molar-refractivity contribution in [1.29, 1.82) is 0 Å². The van der Waals surface area contributed by atoms with Gasteiger partial charge in [0.05, 0.1) is 33.3 Å². The van der Waals surface area contributed by atoms with E-state index in [1.807, 2.05) is 6.07 Å². The van der Waals surface area contributed by atoms with Gasteiger partial charge in [0.15, 0.2) is 5.82 Å². The van der Waals surface area contributed by atoms with Crippen LogP contribution in [0.15, 0.2) is 182 Å². The van der Waals surface area contributed by atoms with Crippen molar-refractivity contribution in [2.75, 3.05) is 0 Å². The summed E-state index contributed by atoms with van der Waals surface area (Å²) in [5.74, 6) is 1.52. The highest BCUT2D eigenvalue weighted by Crippen LogP contribution is 2.43. The molecule has 0 spiro atoms. The molecule has 11 aromatic rings. The van der Waals surface area contributed by atoms with Crippen molar-refractivity contribution < 1.29 is 0 Å². The van der Waals surface area contributed by atoms with Gasteiger partial charge in [0.2, 0.25) is 0 Å². The van der Waals surface area contributed by atoms with Crippen molar-refractivity contribution in [1.82, 2.24) is 18.9 Å². The Balaban J connectivity index is 1.25. The van der Waals surface area contributed by atoms with Crippen LogP contribution in [0.4, 0.5) is 0 Å². The smallest absolute Gasteiger partial charge is 0.162 e. The van der Waals surface area contributed by atoms with Crippen LogP contribution in [0.5, 0.6) is 0 Å². The summed E-state index contributed by atoms with van der Waals surface area (Å²) >= 11 is 0. The molecule has 0 amide bonds. The Kier molecular flexibility index (Phi) is 6.22. The quantitative estimate of drug-likeness (QED) is 0.176. The maximum atomic E-state index is 5.38. The first-order chi connectivity index (χ1) is 25.8. The molecule has 52 heavy (non-hydrogen) atoms. The van der Waals surface area contributed by atoms with Gasteiger partial charge in [-0.05, 0) is 35.2 Å². The molecule has 0 saturated carbocycles. The molecule has 0 saturated heterocycles. The molecule has 0 aliphatic heterocycles. The van der Waals surface area contributed by atoms with Crippen molar-refractivity contribution in [3.8, 4) is 39.6 Å². The van der Waals surface area contributed by atoms with Crippen molar-refractivity contribution in [3.05, 3.63) is 182 Å². The van der Waals surface area contributed by atoms with Gasteiger partial charge in [-0.3, -0.25) is 4.57 Å². The van der Waals surface area contributed by atoms with Crippen LogP contribution < -0.4 is 0 Å². The first kappa shape index (κ1) is 28.8. The minimum atomic E-state index is 0.682. The van der Waals surface area contributed by atoms with Crippen LogP contribution in [-0.4, -0.2) is 18.9 Å². The van der Waals surface area contributed by atoms with E-state index in [0.717, 1.165) is 39.2 Å². The lowest BCUT2D eigenvalue weighted by atomic mass is 9.98. The van der Waals surface area contributed by atoms with E-state index in [0.29, 0.717) is 5.82 Å². The number of rotatable bonds is 4. The molecule has 0 atom stereocenters. The Morgan fingerprint density at radius 3 is 1.56 bits per heavy atom. The molecule has 0 fully saturated rings. The van der Waals surface area contributed by atoms with Gasteiger partial charge in [-0.15, -0.1) is 0 Å². The van der Waals surface area contributed by atoms with E-state index in [-0.39, 0.29) is 0 Å². The molecule has 242 valence electrons. The minimum Gasteiger partial charge on any atom is -0.308 e. The fourth-order valence-corrected chi connectivity index (χ4v) is 8.25. The van der Waals surface area contributed by atoms with Crippen molar-refractivity contribution in [2.45, 2.75) is 0 Å². The SMILES string of the molecule is c1ccc(-c2cc(-n3c4ccccc4c4ccccc43)nc(-c3ccc4c(-c5ccccc5)c5c6ccccc6c6ccccc6n5c4c3)n2)cc1. The zero-order valence-corrected chi connectivity index (χ0v) is 28.1. The molecule has 4 heterocycles. The number of benzene rings is 7. The number of para-hydroxylation sites is 3. The molecule has 11 rings (SSSR count). The summed E-state index contributed by atoms with van der Waals surface area (Å²) in [5.41, 5.74) is 11.0. The molecule has 0 N–H and O–H groups in total. The molecule has 0 unspecified atom stereocenters. The summed E-state index contributed by atoms with van der Waals surface area (Å²) in [6, 6.07) is 64.7. The zero-order chi connectivity index (χ0) is 34.2. The average molecular weight is 663 g/mol. The summed E-state index contributed by atoms with van der Waals surface area (Å²) in [5, 5.41) is 7.30. The first-order valence-corrected chi connectivity index (χ1v) is 17.7. The largest absolute Gasteiger partial charge is 0.308 e. The monoisotopic (exact) mass is 662 g/mol. The molecule has 0 aliphatic carbocycles. The van der Waals surface area contributed by atoms with Crippen LogP contribution in [0.1, 0.15) is 0 Å². The van der Waals surface area contributed by atoms with Gasteiger partial charge >= 0.3 is 0 Å². The maximum Gasteiger partial charge on any atom is 0.162 e. The normalized spacial score (nSPS) is 11.8. The third-order valence-corrected chi connectivity index (χ3v) is 10.5. The van der Waals surface area contributed by atoms with Crippen molar-refractivity contribution in [2.24, 2.45) is 0 Å². The van der Waals surface area contributed by atoms with Gasteiger partial charge in [0.25, 0.3) is 0 Å². The lowest BCUT2D eigenvalue weighted by molar-refractivity contribution is 1.05. The average Bonchev–Trinajstić information content (AvgIpc) is 3.75. The molecule has 4 nitrogen and oxygen atoms in total. The predicted octanol–water partition coefficient (Wildman–Crippen LogP) is 12.3. The minimum absolute atomic E-state index is 0.682. The Morgan fingerprint density at radius 1 is 0.346 bits per heavy atom. The lowest BCUT2D eigenvalue weighted by Gasteiger charge is -2.13. The molecule has 4 aromatic heterocycles. The summed E-state index contributed by atoms with van der Waals surface area (Å²) in [4.78, 5) is 10.7. The third-order valence-electron chi connectivity index (χ3n) is 10.5. The van der Waals surface area contributed by atoms with Crippen molar-refractivity contribution >= 4 is 59.9 Å². The molecule has 4 heteroatoms. The molecule has 0 radical (unpaired) electrons. The number of hydrogen-bond acceptors (Lipinski definition) is 2. The predicted molar refractivity (Wildman–Crippen MR) is 216 cm³/mol. The van der Waals surface area contributed by atoms with E-state index in [1.54, 1.807) is 0 Å². The van der Waals surface area contributed by atoms with E-state index in [9.17, 15) is 0 Å². The van der Waals surface area contributed by atoms with Gasteiger partial charge in [-0.2, -0.15) is 0 Å². The summed E-state index contributed by atoms with van der Waals surface area (Å²) < 4.78 is 4.73. The standard InChI is InChI=1S/C48H30N4/c1-3-15-31(16-4-1)40-30-45(51-41-24-12-10-21-36(41)37-22-11-13-25-42(37)51)50-48(49-40)33-27-28-39-44(29-33)52-43-26-14-9-20-35(43)34-19-7-8-23-38(34)47(52)46(39)32-17-5-2-6-18-32/h1-30H. The zero-order valence-electron chi connectivity index (χ0n) is 28.1. The second-order valence-electron chi connectivity index (χ2n) is 13.4. The Labute approximate surface area is 299 Å². The molecule has 0 aliphatic rings. The van der Waals surface area contributed by atoms with E-state index in [4.69, 9.17) is 9.97 Å². The topological polar surface area (TPSA) is 35.1 Å². The van der Waals surface area contributed by atoms with Gasteiger partial charge in [0, 0.05) is 49.7 Å². The highest BCUT2D eigenvalue weighted by Gasteiger charge is 2.21. The number of fused-ring (bicyclic) bond motifs is 11. The maximum absolute atomic E-state index is 5.38. The van der Waals surface area contributed by atoms with Gasteiger partial charge < -0.3 is 4.40 Å². The molecule has 0 bridgehead atoms. The lowest BCUT2D eigenvalue weighted by Crippen LogP contribution is -2.02. The summed E-state index contributed by atoms with van der Waals surface area (Å²) in [6.45, 7) is 0. The van der Waals surface area contributed by atoms with E-state index in [1.165, 1.54) is 54.5 Å². The highest BCUT2D eigenvalue weighted by molar-refractivity contribution is 6.22. The van der Waals surface area contributed by atoms with Crippen LogP contribution in [0.3, 0.4) is 0 Å². The first-order valence-electron chi connectivity index (χ1n) is 17.7. The van der Waals surface area contributed by atoms with Gasteiger partial charge in [0.1, 0.15) is 5.82 Å². The fourth-order valence-electron chi connectivity index (χ4n) is 8.25. The fraction of sp³-hybridized carbons (Fsp3) is 0. The Bertz CT molecular complexity index is 3120. The highest BCUT2D eigenvalue weighted by atomic mass is 15.1. The van der Waals surface area contributed by atoms with Gasteiger partial charge in [-0.25, -0.2) is 9.97 Å². The van der Waals surface area contributed by atoms with E-state index < -0.39 is 0 Å². The van der Waals surface area contributed by atoms with Crippen LogP contribution in [0, 0.1) is 0 Å². The van der Waals surface area contributed by atoms with E-state index in [2.05, 4.69) is 185 Å². The number of aromatic nitrogens is 4. The van der Waals surface area contributed by atoms with Crippen LogP contribution in [0.2, 0.25) is 0 Å². The van der Waals surface area contributed by atoms with Crippen LogP contribution in [0.25, 0.3) is 99.5 Å². The molecular formula is C48H30N4. The number of nitrogens with zero attached hydrogens (tertiary/aromatic N) is 4.